The Labute approximate surface area is 80.1 Å². The van der Waals surface area contributed by atoms with Crippen molar-refractivity contribution in [2.45, 2.75) is 0 Å². The molecule has 10 heavy (non-hydrogen) atoms. The second-order valence-corrected chi connectivity index (χ2v) is 3.08. The largest absolute Gasteiger partial charge is 0.192 e. The summed E-state index contributed by atoms with van der Waals surface area (Å²) in [5, 5.41) is 8.65. The van der Waals surface area contributed by atoms with Crippen LogP contribution in [0.15, 0.2) is 27.1 Å². The van der Waals surface area contributed by atoms with Gasteiger partial charge in [0, 0.05) is 8.95 Å². The molecule has 0 aromatic heterocycles. The highest BCUT2D eigenvalue weighted by Crippen LogP contribution is 2.19. The zero-order valence-electron chi connectivity index (χ0n) is 7.70. The summed E-state index contributed by atoms with van der Waals surface area (Å²) in [5.74, 6) is 0. The van der Waals surface area contributed by atoms with Gasteiger partial charge < -0.3 is 0 Å². The van der Waals surface area contributed by atoms with Crippen LogP contribution >= 0.6 is 31.9 Å². The normalized spacial score (nSPS) is 13.1. The maximum atomic E-state index is 8.65. The molecule has 0 saturated heterocycles. The van der Waals surface area contributed by atoms with Crippen LogP contribution < -0.4 is 0 Å². The fourth-order valence-corrected chi connectivity index (χ4v) is 1.52. The van der Waals surface area contributed by atoms with Crippen LogP contribution in [0, 0.1) is 11.3 Å². The molecule has 0 atom stereocenters. The lowest BCUT2D eigenvalue weighted by atomic mass is 10.2. The van der Waals surface area contributed by atoms with Gasteiger partial charge in [0.2, 0.25) is 0 Å². The summed E-state index contributed by atoms with van der Waals surface area (Å²) in [7, 11) is 0. The van der Waals surface area contributed by atoms with Crippen molar-refractivity contribution >= 4 is 31.9 Å². The lowest BCUT2D eigenvalue weighted by molar-refractivity contribution is 1.46. The van der Waals surface area contributed by atoms with E-state index in [1.165, 1.54) is 0 Å². The lowest BCUT2D eigenvalue weighted by Crippen LogP contribution is -1.73. The van der Waals surface area contributed by atoms with Crippen LogP contribution in [0.2, 0.25) is 0 Å². The fourth-order valence-electron chi connectivity index (χ4n) is 0.465. The van der Waals surface area contributed by atoms with Crippen LogP contribution in [0.1, 0.15) is 9.68 Å². The van der Waals surface area contributed by atoms with E-state index in [0.29, 0.717) is 0 Å². The van der Waals surface area contributed by atoms with E-state index in [2.05, 4.69) is 31.9 Å². The minimum absolute atomic E-state index is 0.0222. The Kier molecular flexibility index (Phi) is 1.44. The first-order chi connectivity index (χ1) is 6.00. The molecule has 1 nitrogen and oxygen atoms in total. The van der Waals surface area contributed by atoms with Gasteiger partial charge in [0.05, 0.1) is 15.7 Å². The van der Waals surface area contributed by atoms with Gasteiger partial charge in [-0.25, -0.2) is 0 Å². The van der Waals surface area contributed by atoms with E-state index in [0.717, 1.165) is 0 Å². The maximum Gasteiger partial charge on any atom is 0.0992 e. The number of halogens is 2. The topological polar surface area (TPSA) is 23.8 Å². The van der Waals surface area contributed by atoms with Gasteiger partial charge in [0.25, 0.3) is 0 Å². The molecule has 0 fully saturated rings. The predicted molar refractivity (Wildman–Crippen MR) is 46.6 cm³/mol. The molecule has 0 aliphatic rings. The van der Waals surface area contributed by atoms with Crippen LogP contribution in [-0.4, -0.2) is 0 Å². The average molecular weight is 264 g/mol. The van der Waals surface area contributed by atoms with Gasteiger partial charge >= 0.3 is 0 Å². The Hall–Kier alpha value is -0.330. The molecule has 0 radical (unpaired) electrons. The highest BCUT2D eigenvalue weighted by atomic mass is 79.9. The van der Waals surface area contributed by atoms with Crippen molar-refractivity contribution < 1.29 is 4.11 Å². The molecule has 0 unspecified atom stereocenters. The molecule has 1 aromatic carbocycles. The SMILES string of the molecule is [2H]c1c(Br)c([2H])c(C#N)c([2H])c1Br. The second-order valence-electron chi connectivity index (χ2n) is 1.49. The van der Waals surface area contributed by atoms with Crippen molar-refractivity contribution in [3.63, 3.8) is 0 Å². The molecule has 1 aromatic rings. The third-order valence-corrected chi connectivity index (χ3v) is 1.59. The van der Waals surface area contributed by atoms with Gasteiger partial charge in [-0.3, -0.25) is 0 Å². The molecular weight excluding hydrogens is 258 g/mol. The number of benzene rings is 1. The smallest absolute Gasteiger partial charge is 0.0992 e. The number of nitriles is 1. The average Bonchev–Trinajstić information content (AvgIpc) is 2.13. The Morgan fingerprint density at radius 1 is 1.30 bits per heavy atom. The van der Waals surface area contributed by atoms with Gasteiger partial charge in [-0.05, 0) is 18.1 Å². The van der Waals surface area contributed by atoms with Gasteiger partial charge in [0.15, 0.2) is 0 Å². The summed E-state index contributed by atoms with van der Waals surface area (Å²) < 4.78 is 22.8. The van der Waals surface area contributed by atoms with Gasteiger partial charge in [-0.1, -0.05) is 31.9 Å². The summed E-state index contributed by atoms with van der Waals surface area (Å²) in [6, 6.07) is 1.56. The van der Waals surface area contributed by atoms with Crippen LogP contribution in [-0.2, 0) is 0 Å². The van der Waals surface area contributed by atoms with Crippen molar-refractivity contribution in [1.29, 1.82) is 5.26 Å². The maximum absolute atomic E-state index is 8.65. The summed E-state index contributed by atoms with van der Waals surface area (Å²) in [4.78, 5) is 0. The lowest BCUT2D eigenvalue weighted by Gasteiger charge is -1.92. The quantitative estimate of drug-likeness (QED) is 0.706. The van der Waals surface area contributed by atoms with Crippen LogP contribution in [0.3, 0.4) is 0 Å². The predicted octanol–water partition coefficient (Wildman–Crippen LogP) is 3.08. The third kappa shape index (κ3) is 1.83. The highest BCUT2D eigenvalue weighted by molar-refractivity contribution is 9.11. The van der Waals surface area contributed by atoms with E-state index < -0.39 is 0 Å². The zero-order valence-corrected chi connectivity index (χ0v) is 7.88. The third-order valence-electron chi connectivity index (χ3n) is 0.801. The monoisotopic (exact) mass is 262 g/mol. The second kappa shape index (κ2) is 3.18. The van der Waals surface area contributed by atoms with E-state index in [1.54, 1.807) is 6.07 Å². The summed E-state index contributed by atoms with van der Waals surface area (Å²) in [6.07, 6.45) is 0. The van der Waals surface area contributed by atoms with E-state index in [9.17, 15) is 0 Å². The summed E-state index contributed by atoms with van der Waals surface area (Å²) in [5.41, 5.74) is -0.0326. The highest BCUT2D eigenvalue weighted by Gasteiger charge is 1.94. The number of nitrogens with zero attached hydrogens (tertiary/aromatic N) is 1. The molecule has 50 valence electrons. The van der Waals surface area contributed by atoms with E-state index >= 15 is 0 Å². The molecule has 0 aliphatic heterocycles. The molecule has 0 amide bonds. The Morgan fingerprint density at radius 3 is 2.20 bits per heavy atom. The van der Waals surface area contributed by atoms with Crippen molar-refractivity contribution in [3.8, 4) is 6.07 Å². The number of hydrogen-bond acceptors (Lipinski definition) is 1. The molecule has 0 saturated carbocycles. The molecule has 1 rings (SSSR count). The van der Waals surface area contributed by atoms with Gasteiger partial charge in [0.1, 0.15) is 0 Å². The molecule has 0 spiro atoms. The van der Waals surface area contributed by atoms with Crippen LogP contribution in [0.5, 0.6) is 0 Å². The molecular formula is C7H3Br2N. The van der Waals surface area contributed by atoms with E-state index in [4.69, 9.17) is 9.37 Å². The molecule has 0 aliphatic carbocycles. The summed E-state index contributed by atoms with van der Waals surface area (Å²) in [6.45, 7) is 0. The van der Waals surface area contributed by atoms with E-state index in [1.807, 2.05) is 0 Å². The molecule has 0 heterocycles. The molecule has 0 N–H and O–H groups in total. The first-order valence-electron chi connectivity index (χ1n) is 3.85. The Balaban J connectivity index is 3.69. The van der Waals surface area contributed by atoms with Crippen molar-refractivity contribution in [3.05, 3.63) is 32.6 Å². The van der Waals surface area contributed by atoms with Crippen LogP contribution in [0.25, 0.3) is 0 Å². The van der Waals surface area contributed by atoms with Gasteiger partial charge in [-0.15, -0.1) is 0 Å². The first-order valence-corrected chi connectivity index (χ1v) is 3.94. The van der Waals surface area contributed by atoms with Crippen LogP contribution in [0.4, 0.5) is 0 Å². The number of hydrogen-bond donors (Lipinski definition) is 0. The fraction of sp³-hybridized carbons (Fsp3) is 0. The summed E-state index contributed by atoms with van der Waals surface area (Å²) >= 11 is 6.03. The standard InChI is InChI=1S/C7H3Br2N/c8-6-1-5(4-10)2-7(9)3-6/h1-3H/i1D,2D,3D. The van der Waals surface area contributed by atoms with Crippen molar-refractivity contribution in [2.24, 2.45) is 0 Å². The zero-order chi connectivity index (χ0) is 10.2. The minimum Gasteiger partial charge on any atom is -0.192 e. The molecule has 3 heteroatoms. The minimum atomic E-state index is -0.110. The molecule has 0 bridgehead atoms. The first kappa shape index (κ1) is 4.53. The van der Waals surface area contributed by atoms with E-state index in [-0.39, 0.29) is 32.6 Å². The van der Waals surface area contributed by atoms with Crippen molar-refractivity contribution in [1.82, 2.24) is 0 Å². The van der Waals surface area contributed by atoms with Crippen molar-refractivity contribution in [2.75, 3.05) is 0 Å². The number of rotatable bonds is 0. The Bertz CT molecular complexity index is 382. The Morgan fingerprint density at radius 2 is 1.80 bits per heavy atom. The van der Waals surface area contributed by atoms with Gasteiger partial charge in [-0.2, -0.15) is 5.26 Å².